The zero-order valence-electron chi connectivity index (χ0n) is 12.2. The van der Waals surface area contributed by atoms with Crippen LogP contribution in [-0.2, 0) is 14.6 Å². The maximum Gasteiger partial charge on any atom is 0.228 e. The Balaban J connectivity index is 2.70. The molecule has 0 spiro atoms. The maximum atomic E-state index is 12.6. The van der Waals surface area contributed by atoms with E-state index in [9.17, 15) is 13.2 Å². The Labute approximate surface area is 116 Å². The van der Waals surface area contributed by atoms with E-state index in [0.29, 0.717) is 0 Å². The molecule has 0 aliphatic carbocycles. The van der Waals surface area contributed by atoms with Crippen molar-refractivity contribution in [2.75, 3.05) is 38.7 Å². The molecule has 5 nitrogen and oxygen atoms in total. The summed E-state index contributed by atoms with van der Waals surface area (Å²) in [6, 6.07) is 0. The van der Waals surface area contributed by atoms with Crippen molar-refractivity contribution in [1.29, 1.82) is 0 Å². The van der Waals surface area contributed by atoms with Crippen LogP contribution in [-0.4, -0.2) is 57.9 Å². The van der Waals surface area contributed by atoms with Gasteiger partial charge in [-0.1, -0.05) is 13.3 Å². The number of piperidine rings is 1. The molecule has 1 amide bonds. The lowest BCUT2D eigenvalue weighted by Crippen LogP contribution is -2.49. The standard InChI is InChI=1S/C13H26N2O3S/c1-4-5-13(6-8-14-9-7-13)12(16)15(2)10-11-19(3,17)18/h14H,4-11H2,1-3H3. The Morgan fingerprint density at radius 3 is 2.37 bits per heavy atom. The average Bonchev–Trinajstić information content (AvgIpc) is 2.35. The number of nitrogens with zero attached hydrogens (tertiary/aromatic N) is 1. The number of carbonyl (C=O) groups is 1. The summed E-state index contributed by atoms with van der Waals surface area (Å²) in [4.78, 5) is 14.2. The average molecular weight is 290 g/mol. The molecule has 19 heavy (non-hydrogen) atoms. The predicted octanol–water partition coefficient (Wildman–Crippen LogP) is 0.659. The second kappa shape index (κ2) is 6.70. The zero-order valence-corrected chi connectivity index (χ0v) is 13.1. The maximum absolute atomic E-state index is 12.6. The second-order valence-electron chi connectivity index (χ2n) is 5.64. The molecule has 6 heteroatoms. The summed E-state index contributed by atoms with van der Waals surface area (Å²) in [5.74, 6) is 0.148. The van der Waals surface area contributed by atoms with Gasteiger partial charge < -0.3 is 10.2 Å². The summed E-state index contributed by atoms with van der Waals surface area (Å²) in [6.45, 7) is 4.11. The first-order valence-corrected chi connectivity index (χ1v) is 9.01. The van der Waals surface area contributed by atoms with Crippen molar-refractivity contribution in [2.45, 2.75) is 32.6 Å². The van der Waals surface area contributed by atoms with Gasteiger partial charge in [-0.2, -0.15) is 0 Å². The Morgan fingerprint density at radius 1 is 1.32 bits per heavy atom. The van der Waals surface area contributed by atoms with Crippen molar-refractivity contribution in [3.8, 4) is 0 Å². The third-order valence-electron chi connectivity index (χ3n) is 3.89. The molecule has 0 unspecified atom stereocenters. The SMILES string of the molecule is CCCC1(C(=O)N(C)CCS(C)(=O)=O)CCNCC1. The summed E-state index contributed by atoms with van der Waals surface area (Å²) in [5.41, 5.74) is -0.285. The van der Waals surface area contributed by atoms with E-state index in [2.05, 4.69) is 12.2 Å². The Morgan fingerprint density at radius 2 is 1.89 bits per heavy atom. The van der Waals surface area contributed by atoms with E-state index in [1.54, 1.807) is 11.9 Å². The number of nitrogens with one attached hydrogen (secondary N) is 1. The lowest BCUT2D eigenvalue weighted by atomic mass is 9.74. The zero-order chi connectivity index (χ0) is 14.5. The van der Waals surface area contributed by atoms with Gasteiger partial charge in [-0.15, -0.1) is 0 Å². The van der Waals surface area contributed by atoms with Crippen molar-refractivity contribution in [2.24, 2.45) is 5.41 Å². The van der Waals surface area contributed by atoms with Gasteiger partial charge >= 0.3 is 0 Å². The first kappa shape index (κ1) is 16.4. The van der Waals surface area contributed by atoms with Gasteiger partial charge in [0.2, 0.25) is 5.91 Å². The van der Waals surface area contributed by atoms with Crippen LogP contribution >= 0.6 is 0 Å². The Hall–Kier alpha value is -0.620. The molecule has 0 atom stereocenters. The summed E-state index contributed by atoms with van der Waals surface area (Å²) in [6.07, 6.45) is 4.77. The topological polar surface area (TPSA) is 66.5 Å². The van der Waals surface area contributed by atoms with Crippen LogP contribution in [0.2, 0.25) is 0 Å². The third kappa shape index (κ3) is 4.76. The van der Waals surface area contributed by atoms with Crippen LogP contribution < -0.4 is 5.32 Å². The molecule has 0 aromatic heterocycles. The summed E-state index contributed by atoms with van der Waals surface area (Å²) in [5, 5.41) is 3.28. The minimum Gasteiger partial charge on any atom is -0.344 e. The molecule has 1 saturated heterocycles. The third-order valence-corrected chi connectivity index (χ3v) is 4.81. The number of amides is 1. The van der Waals surface area contributed by atoms with Gasteiger partial charge in [-0.05, 0) is 32.4 Å². The highest BCUT2D eigenvalue weighted by atomic mass is 32.2. The fourth-order valence-electron chi connectivity index (χ4n) is 2.76. The van der Waals surface area contributed by atoms with Gasteiger partial charge in [-0.25, -0.2) is 8.42 Å². The first-order valence-electron chi connectivity index (χ1n) is 6.95. The van der Waals surface area contributed by atoms with E-state index in [1.165, 1.54) is 6.26 Å². The fraction of sp³-hybridized carbons (Fsp3) is 0.923. The lowest BCUT2D eigenvalue weighted by Gasteiger charge is -2.39. The minimum atomic E-state index is -3.02. The molecule has 1 fully saturated rings. The molecule has 1 rings (SSSR count). The van der Waals surface area contributed by atoms with Crippen molar-refractivity contribution >= 4 is 15.7 Å². The second-order valence-corrected chi connectivity index (χ2v) is 7.90. The fourth-order valence-corrected chi connectivity index (χ4v) is 3.37. The molecule has 0 bridgehead atoms. The Bertz CT molecular complexity index is 395. The predicted molar refractivity (Wildman–Crippen MR) is 76.8 cm³/mol. The van der Waals surface area contributed by atoms with Crippen LogP contribution in [0.3, 0.4) is 0 Å². The molecule has 0 radical (unpaired) electrons. The van der Waals surface area contributed by atoms with Gasteiger partial charge in [0.05, 0.1) is 11.2 Å². The molecule has 1 heterocycles. The molecule has 1 aliphatic heterocycles. The molecule has 0 saturated carbocycles. The molecule has 1 aliphatic rings. The molecular weight excluding hydrogens is 264 g/mol. The van der Waals surface area contributed by atoms with Crippen LogP contribution in [0.5, 0.6) is 0 Å². The van der Waals surface area contributed by atoms with Crippen molar-refractivity contribution in [3.05, 3.63) is 0 Å². The van der Waals surface area contributed by atoms with E-state index in [-0.39, 0.29) is 23.6 Å². The smallest absolute Gasteiger partial charge is 0.228 e. The largest absolute Gasteiger partial charge is 0.344 e. The number of hydrogen-bond donors (Lipinski definition) is 1. The normalized spacial score (nSPS) is 19.1. The summed E-state index contributed by atoms with van der Waals surface area (Å²) >= 11 is 0. The van der Waals surface area contributed by atoms with Gasteiger partial charge in [0.25, 0.3) is 0 Å². The summed E-state index contributed by atoms with van der Waals surface area (Å²) in [7, 11) is -1.31. The van der Waals surface area contributed by atoms with Crippen molar-refractivity contribution in [3.63, 3.8) is 0 Å². The number of sulfone groups is 1. The van der Waals surface area contributed by atoms with Crippen LogP contribution in [0.25, 0.3) is 0 Å². The minimum absolute atomic E-state index is 0.0374. The number of rotatable bonds is 6. The highest BCUT2D eigenvalue weighted by Crippen LogP contribution is 2.35. The van der Waals surface area contributed by atoms with E-state index < -0.39 is 9.84 Å². The molecule has 0 aromatic carbocycles. The van der Waals surface area contributed by atoms with E-state index in [1.807, 2.05) is 0 Å². The van der Waals surface area contributed by atoms with Gasteiger partial charge in [0.1, 0.15) is 9.84 Å². The number of carbonyl (C=O) groups excluding carboxylic acids is 1. The summed E-state index contributed by atoms with van der Waals surface area (Å²) < 4.78 is 22.4. The quantitative estimate of drug-likeness (QED) is 0.780. The van der Waals surface area contributed by atoms with E-state index in [4.69, 9.17) is 0 Å². The van der Waals surface area contributed by atoms with Gasteiger partial charge in [-0.3, -0.25) is 4.79 Å². The highest BCUT2D eigenvalue weighted by Gasteiger charge is 2.40. The van der Waals surface area contributed by atoms with Gasteiger partial charge in [0.15, 0.2) is 0 Å². The molecular formula is C13H26N2O3S. The lowest BCUT2D eigenvalue weighted by molar-refractivity contribution is -0.142. The Kier molecular flexibility index (Phi) is 5.80. The first-order chi connectivity index (χ1) is 8.81. The monoisotopic (exact) mass is 290 g/mol. The van der Waals surface area contributed by atoms with E-state index in [0.717, 1.165) is 38.8 Å². The van der Waals surface area contributed by atoms with Crippen LogP contribution in [0.1, 0.15) is 32.6 Å². The van der Waals surface area contributed by atoms with Crippen molar-refractivity contribution in [1.82, 2.24) is 10.2 Å². The van der Waals surface area contributed by atoms with Crippen LogP contribution in [0.15, 0.2) is 0 Å². The van der Waals surface area contributed by atoms with E-state index >= 15 is 0 Å². The molecule has 0 aromatic rings. The van der Waals surface area contributed by atoms with Crippen LogP contribution in [0, 0.1) is 5.41 Å². The van der Waals surface area contributed by atoms with Crippen molar-refractivity contribution < 1.29 is 13.2 Å². The van der Waals surface area contributed by atoms with Gasteiger partial charge in [0, 0.05) is 19.8 Å². The number of hydrogen-bond acceptors (Lipinski definition) is 4. The highest BCUT2D eigenvalue weighted by molar-refractivity contribution is 7.90. The molecule has 112 valence electrons. The molecule has 1 N–H and O–H groups in total. The van der Waals surface area contributed by atoms with Crippen LogP contribution in [0.4, 0.5) is 0 Å².